The van der Waals surface area contributed by atoms with Crippen LogP contribution >= 0.6 is 34.8 Å². The molecule has 3 aromatic rings. The highest BCUT2D eigenvalue weighted by Gasteiger charge is 2.19. The summed E-state index contributed by atoms with van der Waals surface area (Å²) in [6.45, 7) is 0. The van der Waals surface area contributed by atoms with Crippen molar-refractivity contribution in [1.82, 2.24) is 4.98 Å². The number of rotatable bonds is 6. The predicted octanol–water partition coefficient (Wildman–Crippen LogP) is 5.33. The van der Waals surface area contributed by atoms with Crippen molar-refractivity contribution in [2.75, 3.05) is 4.72 Å². The van der Waals surface area contributed by atoms with Crippen LogP contribution in [0.2, 0.25) is 15.1 Å². The van der Waals surface area contributed by atoms with Gasteiger partial charge >= 0.3 is 5.97 Å². The Kier molecular flexibility index (Phi) is 6.18. The first-order valence-electron chi connectivity index (χ1n) is 7.80. The van der Waals surface area contributed by atoms with Crippen molar-refractivity contribution in [3.8, 4) is 11.6 Å². The molecule has 1 heterocycles. The number of hydrogen-bond donors (Lipinski definition) is 2. The monoisotopic (exact) mass is 472 g/mol. The number of carboxylic acids is 1. The largest absolute Gasteiger partial charge is 0.478 e. The highest BCUT2D eigenvalue weighted by atomic mass is 35.5. The Balaban J connectivity index is 1.92. The molecule has 29 heavy (non-hydrogen) atoms. The lowest BCUT2D eigenvalue weighted by Crippen LogP contribution is -2.14. The molecule has 1 aromatic heterocycles. The zero-order valence-corrected chi connectivity index (χ0v) is 17.3. The van der Waals surface area contributed by atoms with Crippen LogP contribution in [0.4, 0.5) is 5.69 Å². The van der Waals surface area contributed by atoms with Gasteiger partial charge in [0.2, 0.25) is 5.88 Å². The molecule has 0 aliphatic rings. The number of nitrogens with zero attached hydrogens (tertiary/aromatic N) is 1. The lowest BCUT2D eigenvalue weighted by Gasteiger charge is -2.13. The minimum atomic E-state index is -4.05. The number of benzene rings is 2. The first-order chi connectivity index (χ1) is 13.7. The first kappa shape index (κ1) is 21.2. The van der Waals surface area contributed by atoms with Crippen LogP contribution < -0.4 is 9.46 Å². The summed E-state index contributed by atoms with van der Waals surface area (Å²) in [5, 5.41) is 9.41. The summed E-state index contributed by atoms with van der Waals surface area (Å²) in [6, 6.07) is 10.7. The van der Waals surface area contributed by atoms with E-state index in [1.807, 2.05) is 0 Å². The van der Waals surface area contributed by atoms with Crippen LogP contribution in [0, 0.1) is 0 Å². The number of carbonyl (C=O) groups is 1. The van der Waals surface area contributed by atoms with E-state index in [-0.39, 0.29) is 42.8 Å². The Morgan fingerprint density at radius 1 is 1.00 bits per heavy atom. The lowest BCUT2D eigenvalue weighted by atomic mass is 10.2. The van der Waals surface area contributed by atoms with Crippen LogP contribution in [0.5, 0.6) is 11.6 Å². The molecule has 0 spiro atoms. The number of hydrogen-bond acceptors (Lipinski definition) is 5. The SMILES string of the molecule is O=C(O)c1ccc(Oc2ncc(Cl)cc2NS(=O)(=O)c2ccc(Cl)c(Cl)c2)cc1. The molecule has 0 aliphatic heterocycles. The second kappa shape index (κ2) is 8.46. The smallest absolute Gasteiger partial charge is 0.335 e. The van der Waals surface area contributed by atoms with Gasteiger partial charge in [-0.05, 0) is 48.5 Å². The van der Waals surface area contributed by atoms with E-state index in [1.54, 1.807) is 0 Å². The highest BCUT2D eigenvalue weighted by molar-refractivity contribution is 7.92. The van der Waals surface area contributed by atoms with Gasteiger partial charge in [0.1, 0.15) is 11.4 Å². The summed E-state index contributed by atoms with van der Waals surface area (Å²) in [7, 11) is -4.05. The van der Waals surface area contributed by atoms with E-state index in [0.29, 0.717) is 0 Å². The van der Waals surface area contributed by atoms with Gasteiger partial charge in [0.25, 0.3) is 10.0 Å². The molecule has 2 N–H and O–H groups in total. The van der Waals surface area contributed by atoms with Gasteiger partial charge in [-0.1, -0.05) is 34.8 Å². The van der Waals surface area contributed by atoms with Crippen LogP contribution in [-0.4, -0.2) is 24.5 Å². The second-order valence-corrected chi connectivity index (χ2v) is 8.55. The van der Waals surface area contributed by atoms with E-state index in [0.717, 1.165) is 0 Å². The molecule has 0 saturated carbocycles. The fraction of sp³-hybridized carbons (Fsp3) is 0. The zero-order valence-electron chi connectivity index (χ0n) is 14.3. The number of halogens is 3. The molecule has 3 rings (SSSR count). The molecule has 2 aromatic carbocycles. The van der Waals surface area contributed by atoms with Crippen molar-refractivity contribution in [3.05, 3.63) is 75.4 Å². The van der Waals surface area contributed by atoms with Gasteiger partial charge in [0.05, 0.1) is 25.5 Å². The van der Waals surface area contributed by atoms with Crippen molar-refractivity contribution in [2.45, 2.75) is 4.90 Å². The summed E-state index contributed by atoms with van der Waals surface area (Å²) < 4.78 is 33.3. The molecule has 11 heteroatoms. The van der Waals surface area contributed by atoms with Crippen molar-refractivity contribution >= 4 is 56.5 Å². The molecule has 0 bridgehead atoms. The zero-order chi connectivity index (χ0) is 21.2. The third-order valence-corrected chi connectivity index (χ3v) is 5.89. The van der Waals surface area contributed by atoms with Gasteiger partial charge in [-0.25, -0.2) is 18.2 Å². The highest BCUT2D eigenvalue weighted by Crippen LogP contribution is 2.32. The first-order valence-corrected chi connectivity index (χ1v) is 10.4. The molecule has 0 aliphatic carbocycles. The maximum absolute atomic E-state index is 12.7. The molecule has 0 unspecified atom stereocenters. The molecule has 0 fully saturated rings. The van der Waals surface area contributed by atoms with Gasteiger partial charge in [-0.2, -0.15) is 0 Å². The Morgan fingerprint density at radius 2 is 1.69 bits per heavy atom. The predicted molar refractivity (Wildman–Crippen MR) is 110 cm³/mol. The Bertz CT molecular complexity index is 1180. The number of pyridine rings is 1. The van der Waals surface area contributed by atoms with E-state index in [4.69, 9.17) is 44.6 Å². The van der Waals surface area contributed by atoms with Gasteiger partial charge in [-0.15, -0.1) is 0 Å². The Labute approximate surface area is 180 Å². The number of aromatic nitrogens is 1. The van der Waals surface area contributed by atoms with Crippen LogP contribution in [0.25, 0.3) is 0 Å². The Morgan fingerprint density at radius 3 is 2.31 bits per heavy atom. The summed E-state index contributed by atoms with van der Waals surface area (Å²) in [5.74, 6) is -0.919. The van der Waals surface area contributed by atoms with Gasteiger partial charge in [0, 0.05) is 6.20 Å². The number of aromatic carboxylic acids is 1. The molecule has 150 valence electrons. The molecular weight excluding hydrogens is 463 g/mol. The Hall–Kier alpha value is -2.52. The fourth-order valence-corrected chi connectivity index (χ4v) is 3.80. The van der Waals surface area contributed by atoms with Crippen LogP contribution in [-0.2, 0) is 10.0 Å². The summed E-state index contributed by atoms with van der Waals surface area (Å²) in [6.07, 6.45) is 1.28. The molecule has 0 atom stereocenters. The lowest BCUT2D eigenvalue weighted by molar-refractivity contribution is 0.0697. The van der Waals surface area contributed by atoms with Crippen LogP contribution in [0.3, 0.4) is 0 Å². The molecular formula is C18H11Cl3N2O5S. The minimum absolute atomic E-state index is 0.0223. The number of ether oxygens (including phenoxy) is 1. The van der Waals surface area contributed by atoms with E-state index in [9.17, 15) is 13.2 Å². The molecule has 0 radical (unpaired) electrons. The van der Waals surface area contributed by atoms with E-state index in [1.165, 1.54) is 54.7 Å². The average molecular weight is 474 g/mol. The third-order valence-electron chi connectivity index (χ3n) is 3.58. The van der Waals surface area contributed by atoms with Crippen molar-refractivity contribution in [3.63, 3.8) is 0 Å². The van der Waals surface area contributed by atoms with Crippen LogP contribution in [0.1, 0.15) is 10.4 Å². The molecule has 0 amide bonds. The maximum atomic E-state index is 12.7. The maximum Gasteiger partial charge on any atom is 0.335 e. The number of nitrogens with one attached hydrogen (secondary N) is 1. The van der Waals surface area contributed by atoms with Gasteiger partial charge in [-0.3, -0.25) is 4.72 Å². The fourth-order valence-electron chi connectivity index (χ4n) is 2.21. The van der Waals surface area contributed by atoms with E-state index >= 15 is 0 Å². The second-order valence-electron chi connectivity index (χ2n) is 5.62. The number of anilines is 1. The van der Waals surface area contributed by atoms with Crippen LogP contribution in [0.15, 0.2) is 59.6 Å². The molecule has 0 saturated heterocycles. The number of sulfonamides is 1. The van der Waals surface area contributed by atoms with Crippen molar-refractivity contribution in [1.29, 1.82) is 0 Å². The quantitative estimate of drug-likeness (QED) is 0.501. The third kappa shape index (κ3) is 5.10. The standard InChI is InChI=1S/C18H11Cl3N2O5S/c19-11-7-16(23-29(26,27)13-5-6-14(20)15(21)8-13)17(22-9-11)28-12-3-1-10(2-4-12)18(24)25/h1-9,23H,(H,24,25). The summed E-state index contributed by atoms with van der Waals surface area (Å²) in [5.41, 5.74) is 0.0489. The normalized spacial score (nSPS) is 11.1. The van der Waals surface area contributed by atoms with E-state index in [2.05, 4.69) is 9.71 Å². The van der Waals surface area contributed by atoms with Crippen molar-refractivity contribution < 1.29 is 23.1 Å². The van der Waals surface area contributed by atoms with Gasteiger partial charge < -0.3 is 9.84 Å². The summed E-state index contributed by atoms with van der Waals surface area (Å²) in [4.78, 5) is 14.8. The molecule has 7 nitrogen and oxygen atoms in total. The van der Waals surface area contributed by atoms with Crippen molar-refractivity contribution in [2.24, 2.45) is 0 Å². The number of carboxylic acid groups (broad SMARTS) is 1. The van der Waals surface area contributed by atoms with Gasteiger partial charge in [0.15, 0.2) is 0 Å². The summed E-state index contributed by atoms with van der Waals surface area (Å²) >= 11 is 17.7. The topological polar surface area (TPSA) is 106 Å². The minimum Gasteiger partial charge on any atom is -0.478 e. The van der Waals surface area contributed by atoms with E-state index < -0.39 is 16.0 Å². The average Bonchev–Trinajstić information content (AvgIpc) is 2.66.